The number of carbonyl (C=O) groups is 1. The molecule has 0 aliphatic rings. The molecule has 0 amide bonds. The molecule has 10 heteroatoms. The first-order chi connectivity index (χ1) is 10.9. The second-order valence-electron chi connectivity index (χ2n) is 3.74. The van der Waals surface area contributed by atoms with Crippen molar-refractivity contribution in [3.8, 4) is 11.8 Å². The number of alkyl halides is 1. The highest BCUT2D eigenvalue weighted by atomic mass is 32.9. The van der Waals surface area contributed by atoms with Crippen LogP contribution in [0.1, 0.15) is 5.56 Å². The van der Waals surface area contributed by atoms with Crippen LogP contribution >= 0.6 is 17.1 Å². The summed E-state index contributed by atoms with van der Waals surface area (Å²) >= 11 is 5.76. The summed E-state index contributed by atoms with van der Waals surface area (Å²) in [5.41, 5.74) is -3.30. The molecule has 0 heterocycles. The molecule has 0 saturated carbocycles. The second-order valence-corrected chi connectivity index (χ2v) is 9.90. The lowest BCUT2D eigenvalue weighted by Crippen LogP contribution is -2.08. The monoisotopic (exact) mass is 379 g/mol. The van der Waals surface area contributed by atoms with E-state index in [2.05, 4.69) is 6.58 Å². The number of esters is 1. The average molecular weight is 379 g/mol. The zero-order valence-corrected chi connectivity index (χ0v) is 14.3. The first-order valence-corrected chi connectivity index (χ1v) is 10.3. The van der Waals surface area contributed by atoms with Crippen LogP contribution in [0.4, 0.5) is 8.78 Å². The minimum absolute atomic E-state index is 0.0221. The van der Waals surface area contributed by atoms with Gasteiger partial charge in [-0.05, 0) is 35.3 Å². The molecule has 5 nitrogen and oxygen atoms in total. The molecular weight excluding hydrogens is 367 g/mol. The fourth-order valence-electron chi connectivity index (χ4n) is 1.27. The van der Waals surface area contributed by atoms with Gasteiger partial charge in [-0.3, -0.25) is 0 Å². The van der Waals surface area contributed by atoms with Crippen LogP contribution in [-0.4, -0.2) is 25.2 Å². The summed E-state index contributed by atoms with van der Waals surface area (Å²) in [6.07, 6.45) is 0.989. The zero-order valence-electron chi connectivity index (χ0n) is 11.7. The van der Waals surface area contributed by atoms with E-state index >= 15 is 0 Å². The molecule has 1 aromatic rings. The number of nitrogens with zero attached hydrogens (tertiary/aromatic N) is 1. The van der Waals surface area contributed by atoms with Crippen molar-refractivity contribution >= 4 is 34.9 Å². The maximum Gasteiger partial charge on any atom is 0.330 e. The smallest absolute Gasteiger partial charge is 0.330 e. The van der Waals surface area contributed by atoms with E-state index in [1.807, 2.05) is 0 Å². The van der Waals surface area contributed by atoms with Gasteiger partial charge in [-0.15, -0.1) is 0 Å². The Morgan fingerprint density at radius 1 is 1.52 bits per heavy atom. The normalized spacial score (nSPS) is 12.7. The minimum Gasteiger partial charge on any atom is -0.460 e. The van der Waals surface area contributed by atoms with Gasteiger partial charge >= 0.3 is 5.97 Å². The van der Waals surface area contributed by atoms with Crippen molar-refractivity contribution in [2.24, 2.45) is 0 Å². The lowest BCUT2D eigenvalue weighted by Gasteiger charge is -2.21. The summed E-state index contributed by atoms with van der Waals surface area (Å²) < 4.78 is 41.5. The molecule has 23 heavy (non-hydrogen) atoms. The summed E-state index contributed by atoms with van der Waals surface area (Å²) in [6, 6.07) is 4.34. The molecule has 0 aliphatic heterocycles. The van der Waals surface area contributed by atoms with E-state index in [-0.39, 0.29) is 24.5 Å². The molecular formula is C13H12F2NO4PS2. The molecule has 0 aromatic heterocycles. The summed E-state index contributed by atoms with van der Waals surface area (Å²) in [5.74, 6) is -1.39. The summed E-state index contributed by atoms with van der Waals surface area (Å²) in [5, 5.41) is 8.66. The Labute approximate surface area is 141 Å². The first kappa shape index (κ1) is 19.6. The van der Waals surface area contributed by atoms with Crippen LogP contribution in [0.15, 0.2) is 30.9 Å². The van der Waals surface area contributed by atoms with Crippen molar-refractivity contribution < 1.29 is 27.4 Å². The predicted molar refractivity (Wildman–Crippen MR) is 86.7 cm³/mol. The number of ether oxygens (including phenoxy) is 1. The van der Waals surface area contributed by atoms with E-state index in [0.29, 0.717) is 11.4 Å². The van der Waals surface area contributed by atoms with Gasteiger partial charge in [-0.1, -0.05) is 6.58 Å². The average Bonchev–Trinajstić information content (AvgIpc) is 2.51. The van der Waals surface area contributed by atoms with Gasteiger partial charge < -0.3 is 13.8 Å². The maximum atomic E-state index is 13.5. The standard InChI is InChI=1S/C13H12F2NO4PS2/c1-2-13(17)18-5-6-19-21(22,23-9-14)20-11-4-3-10(8-16)12(15)7-11/h2-4,7H,1,5-6,9H2. The zero-order chi connectivity index (χ0) is 17.3. The fourth-order valence-corrected chi connectivity index (χ4v) is 4.30. The highest BCUT2D eigenvalue weighted by molar-refractivity contribution is 8.67. The molecule has 1 aromatic carbocycles. The number of carbonyl (C=O) groups excluding carboxylic acids is 1. The molecule has 0 N–H and O–H groups in total. The first-order valence-electron chi connectivity index (χ1n) is 6.07. The number of benzene rings is 1. The SMILES string of the molecule is C=CC(=O)OCCOP(=S)(Oc1ccc(C#N)c(F)c1)SCF. The highest BCUT2D eigenvalue weighted by Crippen LogP contribution is 2.60. The molecule has 1 atom stereocenters. The highest BCUT2D eigenvalue weighted by Gasteiger charge is 2.23. The minimum atomic E-state index is -3.14. The van der Waals surface area contributed by atoms with Crippen molar-refractivity contribution in [1.29, 1.82) is 5.26 Å². The topological polar surface area (TPSA) is 68.6 Å². The molecule has 1 rings (SSSR count). The molecule has 0 aliphatic carbocycles. The van der Waals surface area contributed by atoms with Gasteiger partial charge in [0.15, 0.2) is 0 Å². The van der Waals surface area contributed by atoms with Crippen LogP contribution < -0.4 is 4.52 Å². The van der Waals surface area contributed by atoms with Gasteiger partial charge in [0.2, 0.25) is 0 Å². The lowest BCUT2D eigenvalue weighted by atomic mass is 10.2. The quantitative estimate of drug-likeness (QED) is 0.280. The van der Waals surface area contributed by atoms with Gasteiger partial charge in [0, 0.05) is 12.1 Å². The second kappa shape index (κ2) is 9.63. The maximum absolute atomic E-state index is 13.5. The van der Waals surface area contributed by atoms with Crippen LogP contribution in [0.5, 0.6) is 5.75 Å². The van der Waals surface area contributed by atoms with Crippen LogP contribution in [-0.2, 0) is 25.9 Å². The van der Waals surface area contributed by atoms with Crippen molar-refractivity contribution in [2.45, 2.75) is 0 Å². The summed E-state index contributed by atoms with van der Waals surface area (Å²) in [4.78, 5) is 10.9. The van der Waals surface area contributed by atoms with Gasteiger partial charge in [0.25, 0.3) is 5.69 Å². The third-order valence-corrected chi connectivity index (χ3v) is 6.85. The van der Waals surface area contributed by atoms with Gasteiger partial charge in [-0.25, -0.2) is 13.6 Å². The third-order valence-electron chi connectivity index (χ3n) is 2.23. The van der Waals surface area contributed by atoms with Crippen molar-refractivity contribution in [1.82, 2.24) is 0 Å². The molecule has 124 valence electrons. The van der Waals surface area contributed by atoms with E-state index in [1.165, 1.54) is 12.1 Å². The number of nitriles is 1. The Hall–Kier alpha value is -1.46. The molecule has 0 fully saturated rings. The molecule has 0 spiro atoms. The third kappa shape index (κ3) is 6.67. The van der Waals surface area contributed by atoms with E-state index in [0.717, 1.165) is 12.1 Å². The van der Waals surface area contributed by atoms with E-state index in [9.17, 15) is 13.6 Å². The van der Waals surface area contributed by atoms with Crippen molar-refractivity contribution in [3.63, 3.8) is 0 Å². The van der Waals surface area contributed by atoms with Gasteiger partial charge in [0.05, 0.1) is 12.2 Å². The van der Waals surface area contributed by atoms with E-state index in [1.54, 1.807) is 6.07 Å². The largest absolute Gasteiger partial charge is 0.460 e. The molecule has 0 bridgehead atoms. The molecule has 0 radical (unpaired) electrons. The Morgan fingerprint density at radius 3 is 2.83 bits per heavy atom. The van der Waals surface area contributed by atoms with Crippen LogP contribution in [0.3, 0.4) is 0 Å². The molecule has 1 unspecified atom stereocenters. The summed E-state index contributed by atoms with van der Waals surface area (Å²) in [6.45, 7) is 3.01. The number of halogens is 2. The Kier molecular flexibility index (Phi) is 8.20. The number of hydrogen-bond donors (Lipinski definition) is 0. The Morgan fingerprint density at radius 2 is 2.26 bits per heavy atom. The van der Waals surface area contributed by atoms with E-state index < -0.39 is 23.5 Å². The predicted octanol–water partition coefficient (Wildman–Crippen LogP) is 3.71. The summed E-state index contributed by atoms with van der Waals surface area (Å²) in [7, 11) is 0. The Bertz CT molecular complexity index is 666. The van der Waals surface area contributed by atoms with Gasteiger partial charge in [-0.2, -0.15) is 5.26 Å². The van der Waals surface area contributed by atoms with Crippen molar-refractivity contribution in [2.75, 3.05) is 19.2 Å². The van der Waals surface area contributed by atoms with E-state index in [4.69, 9.17) is 30.9 Å². The van der Waals surface area contributed by atoms with Crippen LogP contribution in [0, 0.1) is 17.1 Å². The van der Waals surface area contributed by atoms with Crippen LogP contribution in [0.25, 0.3) is 0 Å². The molecule has 0 saturated heterocycles. The Balaban J connectivity index is 2.71. The lowest BCUT2D eigenvalue weighted by molar-refractivity contribution is -0.138. The number of rotatable bonds is 9. The van der Waals surface area contributed by atoms with Gasteiger partial charge in [0.1, 0.15) is 30.2 Å². The fraction of sp³-hybridized carbons (Fsp3) is 0.231. The number of hydrogen-bond acceptors (Lipinski definition) is 7. The van der Waals surface area contributed by atoms with Crippen LogP contribution in [0.2, 0.25) is 0 Å². The van der Waals surface area contributed by atoms with Crippen molar-refractivity contribution in [3.05, 3.63) is 42.2 Å².